The molecule has 0 radical (unpaired) electrons. The van der Waals surface area contributed by atoms with Gasteiger partial charge in [0.25, 0.3) is 11.8 Å². The number of rotatable bonds is 4. The molecule has 0 spiro atoms. The summed E-state index contributed by atoms with van der Waals surface area (Å²) in [5.41, 5.74) is -1.08. The average molecular weight is 347 g/mol. The SMILES string of the molecule is O=C(NC[C@@H]1CO[C@@H]2CN(C(=O)C3(F)CCC3)C[C@H]12)c1ccncc1. The molecule has 2 amide bonds. The van der Waals surface area contributed by atoms with Crippen LogP contribution in [0, 0.1) is 11.8 Å². The van der Waals surface area contributed by atoms with Crippen molar-refractivity contribution in [3.63, 3.8) is 0 Å². The van der Waals surface area contributed by atoms with E-state index in [9.17, 15) is 14.0 Å². The molecule has 7 heteroatoms. The number of nitrogens with one attached hydrogen (secondary N) is 1. The van der Waals surface area contributed by atoms with Gasteiger partial charge in [-0.15, -0.1) is 0 Å². The molecule has 0 unspecified atom stereocenters. The van der Waals surface area contributed by atoms with Crippen LogP contribution < -0.4 is 5.32 Å². The van der Waals surface area contributed by atoms with Crippen LogP contribution in [0.2, 0.25) is 0 Å². The van der Waals surface area contributed by atoms with E-state index in [0.29, 0.717) is 44.6 Å². The van der Waals surface area contributed by atoms with Gasteiger partial charge in [-0.05, 0) is 31.4 Å². The first-order valence-electron chi connectivity index (χ1n) is 8.85. The number of carbonyl (C=O) groups is 2. The van der Waals surface area contributed by atoms with Crippen LogP contribution in [0.25, 0.3) is 0 Å². The van der Waals surface area contributed by atoms with Crippen molar-refractivity contribution in [2.75, 3.05) is 26.2 Å². The van der Waals surface area contributed by atoms with Crippen LogP contribution in [0.15, 0.2) is 24.5 Å². The third-order valence-electron chi connectivity index (χ3n) is 5.72. The Kier molecular flexibility index (Phi) is 4.19. The monoisotopic (exact) mass is 347 g/mol. The van der Waals surface area contributed by atoms with Crippen molar-refractivity contribution in [1.82, 2.24) is 15.2 Å². The molecular weight excluding hydrogens is 325 g/mol. The van der Waals surface area contributed by atoms with Crippen LogP contribution in [0.5, 0.6) is 0 Å². The number of carbonyl (C=O) groups excluding carboxylic acids is 2. The molecule has 0 bridgehead atoms. The fourth-order valence-electron chi connectivity index (χ4n) is 3.99. The minimum Gasteiger partial charge on any atom is -0.376 e. The quantitative estimate of drug-likeness (QED) is 0.888. The molecule has 2 saturated heterocycles. The number of ether oxygens (including phenoxy) is 1. The second kappa shape index (κ2) is 6.37. The molecule has 1 saturated carbocycles. The summed E-state index contributed by atoms with van der Waals surface area (Å²) < 4.78 is 20.2. The van der Waals surface area contributed by atoms with Crippen molar-refractivity contribution >= 4 is 11.8 Å². The summed E-state index contributed by atoms with van der Waals surface area (Å²) in [4.78, 5) is 30.0. The highest BCUT2D eigenvalue weighted by Crippen LogP contribution is 2.40. The van der Waals surface area contributed by atoms with Gasteiger partial charge in [-0.3, -0.25) is 14.6 Å². The first-order chi connectivity index (χ1) is 12.1. The van der Waals surface area contributed by atoms with E-state index in [2.05, 4.69) is 10.3 Å². The normalized spacial score (nSPS) is 29.8. The lowest BCUT2D eigenvalue weighted by Gasteiger charge is -2.35. The molecule has 1 aliphatic carbocycles. The number of fused-ring (bicyclic) bond motifs is 1. The molecule has 134 valence electrons. The van der Waals surface area contributed by atoms with Crippen LogP contribution in [-0.2, 0) is 9.53 Å². The summed E-state index contributed by atoms with van der Waals surface area (Å²) >= 11 is 0. The molecule has 3 aliphatic rings. The van der Waals surface area contributed by atoms with Crippen LogP contribution >= 0.6 is 0 Å². The highest BCUT2D eigenvalue weighted by atomic mass is 19.1. The zero-order valence-electron chi connectivity index (χ0n) is 14.0. The summed E-state index contributed by atoms with van der Waals surface area (Å²) in [7, 11) is 0. The van der Waals surface area contributed by atoms with E-state index in [4.69, 9.17) is 4.74 Å². The predicted octanol–water partition coefficient (Wildman–Crippen LogP) is 1.18. The maximum absolute atomic E-state index is 14.4. The molecule has 1 N–H and O–H groups in total. The topological polar surface area (TPSA) is 71.5 Å². The van der Waals surface area contributed by atoms with Gasteiger partial charge < -0.3 is 15.0 Å². The largest absolute Gasteiger partial charge is 0.376 e. The third-order valence-corrected chi connectivity index (χ3v) is 5.72. The van der Waals surface area contributed by atoms with Gasteiger partial charge in [0.2, 0.25) is 0 Å². The Balaban J connectivity index is 1.33. The average Bonchev–Trinajstić information content (AvgIpc) is 3.18. The van der Waals surface area contributed by atoms with Crippen molar-refractivity contribution in [1.29, 1.82) is 0 Å². The predicted molar refractivity (Wildman–Crippen MR) is 87.6 cm³/mol. The maximum atomic E-state index is 14.4. The smallest absolute Gasteiger partial charge is 0.260 e. The Hall–Kier alpha value is -2.02. The third kappa shape index (κ3) is 3.01. The van der Waals surface area contributed by atoms with Crippen molar-refractivity contribution in [3.8, 4) is 0 Å². The van der Waals surface area contributed by atoms with Gasteiger partial charge in [-0.25, -0.2) is 4.39 Å². The van der Waals surface area contributed by atoms with Gasteiger partial charge in [-0.1, -0.05) is 0 Å². The Morgan fingerprint density at radius 1 is 1.32 bits per heavy atom. The molecule has 1 aromatic heterocycles. The van der Waals surface area contributed by atoms with Gasteiger partial charge in [0, 0.05) is 49.4 Å². The van der Waals surface area contributed by atoms with E-state index in [1.807, 2.05) is 0 Å². The van der Waals surface area contributed by atoms with E-state index in [0.717, 1.165) is 6.42 Å². The maximum Gasteiger partial charge on any atom is 0.260 e. The molecule has 2 aliphatic heterocycles. The highest BCUT2D eigenvalue weighted by Gasteiger charge is 2.52. The molecule has 4 rings (SSSR count). The Labute approximate surface area is 145 Å². The lowest BCUT2D eigenvalue weighted by Crippen LogP contribution is -2.50. The van der Waals surface area contributed by atoms with Gasteiger partial charge in [0.05, 0.1) is 12.7 Å². The molecule has 6 nitrogen and oxygen atoms in total. The first kappa shape index (κ1) is 16.4. The summed E-state index contributed by atoms with van der Waals surface area (Å²) in [6, 6.07) is 3.33. The van der Waals surface area contributed by atoms with E-state index >= 15 is 0 Å². The van der Waals surface area contributed by atoms with Gasteiger partial charge in [-0.2, -0.15) is 0 Å². The number of pyridine rings is 1. The number of alkyl halides is 1. The van der Waals surface area contributed by atoms with E-state index < -0.39 is 5.67 Å². The number of hydrogen-bond donors (Lipinski definition) is 1. The lowest BCUT2D eigenvalue weighted by atomic mass is 9.81. The molecule has 25 heavy (non-hydrogen) atoms. The fourth-order valence-corrected chi connectivity index (χ4v) is 3.99. The number of amides is 2. The molecule has 0 aromatic carbocycles. The summed E-state index contributed by atoms with van der Waals surface area (Å²) in [6.07, 6.45) is 4.57. The van der Waals surface area contributed by atoms with Crippen LogP contribution in [0.1, 0.15) is 29.6 Å². The number of aromatic nitrogens is 1. The molecule has 3 atom stereocenters. The molecular formula is C18H22FN3O3. The fraction of sp³-hybridized carbons (Fsp3) is 0.611. The van der Waals surface area contributed by atoms with Crippen molar-refractivity contribution < 1.29 is 18.7 Å². The Morgan fingerprint density at radius 2 is 2.08 bits per heavy atom. The minimum absolute atomic E-state index is 0.0459. The highest BCUT2D eigenvalue weighted by molar-refractivity contribution is 5.93. The molecule has 3 fully saturated rings. The van der Waals surface area contributed by atoms with Gasteiger partial charge in [0.1, 0.15) is 0 Å². The lowest BCUT2D eigenvalue weighted by molar-refractivity contribution is -0.149. The minimum atomic E-state index is -1.65. The summed E-state index contributed by atoms with van der Waals surface area (Å²) in [5.74, 6) is -0.221. The zero-order chi connectivity index (χ0) is 17.4. The van der Waals surface area contributed by atoms with Crippen LogP contribution in [-0.4, -0.2) is 59.7 Å². The van der Waals surface area contributed by atoms with Crippen LogP contribution in [0.4, 0.5) is 4.39 Å². The standard InChI is InChI=1S/C18H22FN3O3/c19-18(4-1-5-18)17(24)22-9-14-13(11-25-15(14)10-22)8-21-16(23)12-2-6-20-7-3-12/h2-3,6-7,13-15H,1,4-5,8-11H2,(H,21,23)/t13-,14-,15-/m1/s1. The summed E-state index contributed by atoms with van der Waals surface area (Å²) in [6.45, 7) is 2.04. The van der Waals surface area contributed by atoms with Crippen molar-refractivity contribution in [2.45, 2.75) is 31.0 Å². The molecule has 1 aromatic rings. The Bertz CT molecular complexity index is 665. The second-order valence-corrected chi connectivity index (χ2v) is 7.27. The van der Waals surface area contributed by atoms with E-state index in [1.54, 1.807) is 29.4 Å². The van der Waals surface area contributed by atoms with Crippen molar-refractivity contribution in [3.05, 3.63) is 30.1 Å². The number of nitrogens with zero attached hydrogens (tertiary/aromatic N) is 2. The van der Waals surface area contributed by atoms with Crippen molar-refractivity contribution in [2.24, 2.45) is 11.8 Å². The Morgan fingerprint density at radius 3 is 2.76 bits per heavy atom. The first-order valence-corrected chi connectivity index (χ1v) is 8.85. The number of hydrogen-bond acceptors (Lipinski definition) is 4. The van der Waals surface area contributed by atoms with Gasteiger partial charge >= 0.3 is 0 Å². The van der Waals surface area contributed by atoms with Crippen LogP contribution in [0.3, 0.4) is 0 Å². The number of halogens is 1. The van der Waals surface area contributed by atoms with E-state index in [1.165, 1.54) is 0 Å². The van der Waals surface area contributed by atoms with Gasteiger partial charge in [0.15, 0.2) is 5.67 Å². The zero-order valence-corrected chi connectivity index (χ0v) is 14.0. The second-order valence-electron chi connectivity index (χ2n) is 7.27. The summed E-state index contributed by atoms with van der Waals surface area (Å²) in [5, 5.41) is 2.93. The molecule has 3 heterocycles. The number of likely N-dealkylation sites (tertiary alicyclic amines) is 1. The van der Waals surface area contributed by atoms with E-state index in [-0.39, 0.29) is 29.8 Å².